The molecule has 3 heterocycles. The predicted molar refractivity (Wildman–Crippen MR) is 120 cm³/mol. The van der Waals surface area contributed by atoms with E-state index in [0.717, 1.165) is 46.8 Å². The number of benzene rings is 1. The number of nitrogens with one attached hydrogen (secondary N) is 2. The van der Waals surface area contributed by atoms with Gasteiger partial charge in [-0.1, -0.05) is 0 Å². The van der Waals surface area contributed by atoms with Crippen LogP contribution in [-0.2, 0) is 6.42 Å². The molecule has 0 spiro atoms. The monoisotopic (exact) mass is 433 g/mol. The third-order valence-corrected chi connectivity index (χ3v) is 6.88. The minimum absolute atomic E-state index is 0.101. The van der Waals surface area contributed by atoms with Crippen molar-refractivity contribution in [3.8, 4) is 11.8 Å². The van der Waals surface area contributed by atoms with E-state index in [-0.39, 0.29) is 29.7 Å². The molecule has 1 fully saturated rings. The maximum absolute atomic E-state index is 15.3. The van der Waals surface area contributed by atoms with E-state index in [0.29, 0.717) is 29.3 Å². The van der Waals surface area contributed by atoms with Gasteiger partial charge in [-0.3, -0.25) is 0 Å². The molecule has 3 atom stereocenters. The Morgan fingerprint density at radius 1 is 1.19 bits per heavy atom. The molecule has 0 radical (unpaired) electrons. The molecule has 3 aromatic heterocycles. The first kappa shape index (κ1) is 19.4. The lowest BCUT2D eigenvalue weighted by molar-refractivity contribution is 0.274. The maximum Gasteiger partial charge on any atom is 0.324 e. The highest BCUT2D eigenvalue weighted by atomic mass is 19.1. The number of nitrogens with two attached hydrogens (primary N) is 1. The van der Waals surface area contributed by atoms with E-state index in [1.165, 1.54) is 0 Å². The van der Waals surface area contributed by atoms with Crippen LogP contribution in [0.1, 0.15) is 42.3 Å². The van der Waals surface area contributed by atoms with Crippen LogP contribution in [-0.4, -0.2) is 38.0 Å². The molecule has 2 aliphatic carbocycles. The molecule has 2 aliphatic rings. The van der Waals surface area contributed by atoms with Gasteiger partial charge < -0.3 is 20.8 Å². The molecule has 9 heteroatoms. The zero-order valence-electron chi connectivity index (χ0n) is 17.9. The van der Waals surface area contributed by atoms with Crippen LogP contribution < -0.4 is 15.8 Å². The SMILES string of the molecule is CNc1cc(F)c2c3c1[nH]c1nc(Oc4cnc(C)nc4)nc(c13)C1CC(N)CCC1C2. The van der Waals surface area contributed by atoms with Crippen LogP contribution in [0.5, 0.6) is 11.8 Å². The highest BCUT2D eigenvalue weighted by molar-refractivity contribution is 6.13. The molecular weight excluding hydrogens is 409 g/mol. The molecule has 3 unspecified atom stereocenters. The Morgan fingerprint density at radius 2 is 2.00 bits per heavy atom. The van der Waals surface area contributed by atoms with Crippen molar-refractivity contribution in [3.63, 3.8) is 0 Å². The number of anilines is 1. The van der Waals surface area contributed by atoms with Crippen LogP contribution in [0.3, 0.4) is 0 Å². The topological polar surface area (TPSA) is 115 Å². The summed E-state index contributed by atoms with van der Waals surface area (Å²) in [5.74, 6) is 1.32. The number of hydrogen-bond acceptors (Lipinski definition) is 7. The molecule has 6 rings (SSSR count). The number of aryl methyl sites for hydroxylation is 1. The van der Waals surface area contributed by atoms with Gasteiger partial charge in [0.15, 0.2) is 5.75 Å². The van der Waals surface area contributed by atoms with E-state index < -0.39 is 0 Å². The third-order valence-electron chi connectivity index (χ3n) is 6.88. The standard InChI is InChI=1S/C23H24FN7O/c1-10-27-8-13(9-28-10)32-23-30-20-14-6-12(25)4-3-11(14)5-15-16(24)7-17(26-2)21-18(15)19(20)22(29-21)31-23/h7-9,11-12,14,26H,3-6,25H2,1-2H3,(H,29,30,31). The van der Waals surface area contributed by atoms with Gasteiger partial charge in [0.05, 0.1) is 29.3 Å². The molecule has 1 saturated carbocycles. The normalized spacial score (nSPS) is 22.2. The molecule has 0 bridgehead atoms. The molecule has 1 aromatic carbocycles. The molecular formula is C23H24FN7O. The fourth-order valence-electron chi connectivity index (χ4n) is 5.37. The highest BCUT2D eigenvalue weighted by Crippen LogP contribution is 2.48. The Morgan fingerprint density at radius 3 is 2.78 bits per heavy atom. The van der Waals surface area contributed by atoms with Crippen LogP contribution in [0.4, 0.5) is 10.1 Å². The first-order valence-corrected chi connectivity index (χ1v) is 11.0. The minimum atomic E-state index is -0.193. The van der Waals surface area contributed by atoms with Crippen molar-refractivity contribution in [1.82, 2.24) is 24.9 Å². The maximum atomic E-state index is 15.3. The van der Waals surface area contributed by atoms with E-state index in [1.54, 1.807) is 25.5 Å². The van der Waals surface area contributed by atoms with Gasteiger partial charge in [0.2, 0.25) is 0 Å². The summed E-state index contributed by atoms with van der Waals surface area (Å²) in [6, 6.07) is 1.89. The number of aromatic nitrogens is 5. The number of nitrogens with zero attached hydrogens (tertiary/aromatic N) is 4. The van der Waals surface area contributed by atoms with E-state index in [4.69, 9.17) is 15.5 Å². The van der Waals surface area contributed by atoms with Crippen LogP contribution in [0.15, 0.2) is 18.5 Å². The molecule has 4 aromatic rings. The van der Waals surface area contributed by atoms with E-state index in [2.05, 4.69) is 25.3 Å². The molecule has 0 saturated heterocycles. The fraction of sp³-hybridized carbons (Fsp3) is 0.391. The van der Waals surface area contributed by atoms with Gasteiger partial charge in [-0.25, -0.2) is 14.4 Å². The zero-order valence-corrected chi connectivity index (χ0v) is 17.9. The summed E-state index contributed by atoms with van der Waals surface area (Å²) in [6.45, 7) is 1.81. The molecule has 8 nitrogen and oxygen atoms in total. The smallest absolute Gasteiger partial charge is 0.324 e. The Kier molecular flexibility index (Phi) is 4.29. The van der Waals surface area contributed by atoms with Gasteiger partial charge >= 0.3 is 6.01 Å². The zero-order chi connectivity index (χ0) is 22.0. The van der Waals surface area contributed by atoms with Crippen molar-refractivity contribution < 1.29 is 9.13 Å². The number of ether oxygens (including phenoxy) is 1. The number of H-pyrrole nitrogens is 1. The van der Waals surface area contributed by atoms with E-state index >= 15 is 4.39 Å². The Hall–Kier alpha value is -3.33. The predicted octanol–water partition coefficient (Wildman–Crippen LogP) is 3.95. The fourth-order valence-corrected chi connectivity index (χ4v) is 5.37. The van der Waals surface area contributed by atoms with Gasteiger partial charge in [-0.2, -0.15) is 9.97 Å². The van der Waals surface area contributed by atoms with Crippen molar-refractivity contribution in [2.24, 2.45) is 11.7 Å². The lowest BCUT2D eigenvalue weighted by Crippen LogP contribution is -2.33. The molecule has 164 valence electrons. The highest BCUT2D eigenvalue weighted by Gasteiger charge is 2.38. The number of halogens is 1. The Balaban J connectivity index is 1.61. The van der Waals surface area contributed by atoms with Crippen molar-refractivity contribution in [2.45, 2.75) is 44.6 Å². The largest absolute Gasteiger partial charge is 0.421 e. The molecule has 0 amide bonds. The number of hydrogen-bond donors (Lipinski definition) is 3. The minimum Gasteiger partial charge on any atom is -0.421 e. The lowest BCUT2D eigenvalue weighted by atomic mass is 9.73. The third kappa shape index (κ3) is 2.91. The Labute approximate surface area is 183 Å². The van der Waals surface area contributed by atoms with Crippen LogP contribution in [0, 0.1) is 18.7 Å². The first-order valence-electron chi connectivity index (χ1n) is 11.0. The Bertz CT molecular complexity index is 1350. The number of aromatic amines is 1. The van der Waals surface area contributed by atoms with E-state index in [9.17, 15) is 0 Å². The second kappa shape index (κ2) is 7.09. The van der Waals surface area contributed by atoms with Crippen molar-refractivity contribution in [2.75, 3.05) is 12.4 Å². The number of rotatable bonds is 3. The van der Waals surface area contributed by atoms with Gasteiger partial charge in [0.25, 0.3) is 0 Å². The summed E-state index contributed by atoms with van der Waals surface area (Å²) < 4.78 is 21.2. The van der Waals surface area contributed by atoms with Gasteiger partial charge in [-0.05, 0) is 50.2 Å². The summed E-state index contributed by atoms with van der Waals surface area (Å²) in [7, 11) is 1.79. The second-order valence-corrected chi connectivity index (χ2v) is 8.84. The van der Waals surface area contributed by atoms with Crippen molar-refractivity contribution in [1.29, 1.82) is 0 Å². The van der Waals surface area contributed by atoms with Gasteiger partial charge in [-0.15, -0.1) is 0 Å². The summed E-state index contributed by atoms with van der Waals surface area (Å²) in [4.78, 5) is 21.3. The second-order valence-electron chi connectivity index (χ2n) is 8.84. The summed E-state index contributed by atoms with van der Waals surface area (Å²) in [5, 5.41) is 4.85. The quantitative estimate of drug-likeness (QED) is 0.448. The number of fused-ring (bicyclic) bond motifs is 2. The van der Waals surface area contributed by atoms with Crippen LogP contribution in [0.25, 0.3) is 21.9 Å². The average Bonchev–Trinajstić information content (AvgIpc) is 3.09. The molecule has 32 heavy (non-hydrogen) atoms. The average molecular weight is 433 g/mol. The summed E-state index contributed by atoms with van der Waals surface area (Å²) >= 11 is 0. The summed E-state index contributed by atoms with van der Waals surface area (Å²) in [6.07, 6.45) is 6.56. The van der Waals surface area contributed by atoms with Crippen molar-refractivity contribution in [3.05, 3.63) is 41.4 Å². The van der Waals surface area contributed by atoms with Gasteiger partial charge in [0.1, 0.15) is 17.3 Å². The summed E-state index contributed by atoms with van der Waals surface area (Å²) in [5.41, 5.74) is 10.2. The lowest BCUT2D eigenvalue weighted by Gasteiger charge is -2.34. The molecule has 4 N–H and O–H groups in total. The van der Waals surface area contributed by atoms with Gasteiger partial charge in [0, 0.05) is 29.8 Å². The first-order chi connectivity index (χ1) is 15.5. The molecule has 0 aliphatic heterocycles. The van der Waals surface area contributed by atoms with Crippen molar-refractivity contribution >= 4 is 27.6 Å². The van der Waals surface area contributed by atoms with E-state index in [1.807, 2.05) is 6.92 Å². The van der Waals surface area contributed by atoms with Crippen LogP contribution >= 0.6 is 0 Å². The van der Waals surface area contributed by atoms with Crippen LogP contribution in [0.2, 0.25) is 0 Å².